The van der Waals surface area contributed by atoms with Gasteiger partial charge in [0.05, 0.1) is 17.3 Å². The Labute approximate surface area is 177 Å². The highest BCUT2D eigenvalue weighted by molar-refractivity contribution is 7.80. The first-order chi connectivity index (χ1) is 13.8. The maximum atomic E-state index is 13.7. The number of ketones is 1. The van der Waals surface area contributed by atoms with E-state index in [9.17, 15) is 14.0 Å². The molecule has 2 aromatic rings. The van der Waals surface area contributed by atoms with Gasteiger partial charge >= 0.3 is 0 Å². The van der Waals surface area contributed by atoms with Crippen molar-refractivity contribution in [2.24, 2.45) is 0 Å². The molecule has 3 heterocycles. The van der Waals surface area contributed by atoms with Gasteiger partial charge in [-0.1, -0.05) is 11.6 Å². The van der Waals surface area contributed by atoms with Crippen molar-refractivity contribution in [1.82, 2.24) is 9.88 Å². The number of nitrogens with zero attached hydrogens (tertiary/aromatic N) is 3. The number of fused-ring (bicyclic) bond motifs is 1. The molecule has 1 aromatic heterocycles. The molecular formula is C20H18ClFN4O2S. The predicted molar refractivity (Wildman–Crippen MR) is 113 cm³/mol. The highest BCUT2D eigenvalue weighted by atomic mass is 35.5. The fourth-order valence-electron chi connectivity index (χ4n) is 3.80. The topological polar surface area (TPSA) is 65.5 Å². The van der Waals surface area contributed by atoms with Gasteiger partial charge < -0.3 is 15.1 Å². The maximum absolute atomic E-state index is 13.7. The highest BCUT2D eigenvalue weighted by Crippen LogP contribution is 2.39. The molecule has 0 aliphatic carbocycles. The Bertz CT molecular complexity index is 1030. The Morgan fingerprint density at radius 2 is 2.17 bits per heavy atom. The van der Waals surface area contributed by atoms with Crippen LogP contribution in [0.15, 0.2) is 36.5 Å². The first-order valence-electron chi connectivity index (χ1n) is 9.15. The van der Waals surface area contributed by atoms with Crippen LogP contribution < -0.4 is 10.2 Å². The van der Waals surface area contributed by atoms with Crippen molar-refractivity contribution in [3.8, 4) is 0 Å². The van der Waals surface area contributed by atoms with Gasteiger partial charge in [0.25, 0.3) is 5.91 Å². The van der Waals surface area contributed by atoms with E-state index < -0.39 is 17.3 Å². The summed E-state index contributed by atoms with van der Waals surface area (Å²) in [7, 11) is 0. The number of piperidine rings is 1. The molecule has 6 nitrogen and oxygen atoms in total. The normalized spacial score (nSPS) is 21.3. The molecule has 0 saturated carbocycles. The van der Waals surface area contributed by atoms with Crippen molar-refractivity contribution in [2.45, 2.75) is 25.3 Å². The number of anilines is 2. The maximum Gasteiger partial charge on any atom is 0.277 e. The number of nitrogens with one attached hydrogen (secondary N) is 1. The number of carbonyl (C=O) groups excluding carboxylic acids is 2. The number of carbonyl (C=O) groups is 2. The second-order valence-electron chi connectivity index (χ2n) is 7.28. The van der Waals surface area contributed by atoms with Crippen molar-refractivity contribution in [3.63, 3.8) is 0 Å². The van der Waals surface area contributed by atoms with Crippen LogP contribution in [0.5, 0.6) is 0 Å². The van der Waals surface area contributed by atoms with Gasteiger partial charge in [0.15, 0.2) is 22.4 Å². The molecule has 150 valence electrons. The van der Waals surface area contributed by atoms with Gasteiger partial charge in [-0.25, -0.2) is 9.37 Å². The Morgan fingerprint density at radius 1 is 1.38 bits per heavy atom. The zero-order valence-corrected chi connectivity index (χ0v) is 17.2. The SMILES string of the molecule is CC12CN(c3ccc(NC(=O)c4ncccc4F)cc3Cl)C(=S)N1CCCC2=O. The number of benzene rings is 1. The third-order valence-corrected chi connectivity index (χ3v) is 6.12. The number of Topliss-reactive ketones (excluding diaryl/α,β-unsaturated/α-hetero) is 1. The first kappa shape index (κ1) is 19.7. The lowest BCUT2D eigenvalue weighted by molar-refractivity contribution is -0.129. The van der Waals surface area contributed by atoms with E-state index in [0.29, 0.717) is 34.5 Å². The van der Waals surface area contributed by atoms with Crippen LogP contribution in [0, 0.1) is 5.82 Å². The van der Waals surface area contributed by atoms with Crippen LogP contribution in [0.2, 0.25) is 5.02 Å². The largest absolute Gasteiger partial charge is 0.335 e. The molecular weight excluding hydrogens is 415 g/mol. The summed E-state index contributed by atoms with van der Waals surface area (Å²) < 4.78 is 13.7. The fraction of sp³-hybridized carbons (Fsp3) is 0.300. The van der Waals surface area contributed by atoms with Crippen LogP contribution >= 0.6 is 23.8 Å². The van der Waals surface area contributed by atoms with E-state index in [2.05, 4.69) is 10.3 Å². The van der Waals surface area contributed by atoms with E-state index in [1.807, 2.05) is 16.7 Å². The molecule has 0 bridgehead atoms. The summed E-state index contributed by atoms with van der Waals surface area (Å²) in [5, 5.41) is 3.52. The number of hydrogen-bond donors (Lipinski definition) is 1. The molecule has 4 rings (SSSR count). The quantitative estimate of drug-likeness (QED) is 0.747. The number of amides is 1. The van der Waals surface area contributed by atoms with E-state index in [0.717, 1.165) is 13.0 Å². The summed E-state index contributed by atoms with van der Waals surface area (Å²) in [6.45, 7) is 3.07. The Kier molecular flexibility index (Phi) is 5.00. The fourth-order valence-corrected chi connectivity index (χ4v) is 4.54. The molecule has 2 aliphatic heterocycles. The molecule has 1 N–H and O–H groups in total. The van der Waals surface area contributed by atoms with E-state index in [1.165, 1.54) is 18.3 Å². The summed E-state index contributed by atoms with van der Waals surface area (Å²) in [5.74, 6) is -1.20. The summed E-state index contributed by atoms with van der Waals surface area (Å²) in [4.78, 5) is 32.3. The lowest BCUT2D eigenvalue weighted by Gasteiger charge is -2.37. The molecule has 1 atom stereocenters. The zero-order valence-electron chi connectivity index (χ0n) is 15.6. The van der Waals surface area contributed by atoms with Gasteiger partial charge in [0.2, 0.25) is 0 Å². The molecule has 29 heavy (non-hydrogen) atoms. The molecule has 0 spiro atoms. The van der Waals surface area contributed by atoms with Crippen molar-refractivity contribution in [1.29, 1.82) is 0 Å². The van der Waals surface area contributed by atoms with Crippen molar-refractivity contribution in [2.75, 3.05) is 23.3 Å². The van der Waals surface area contributed by atoms with Gasteiger partial charge in [0.1, 0.15) is 5.54 Å². The van der Waals surface area contributed by atoms with Crippen molar-refractivity contribution < 1.29 is 14.0 Å². The van der Waals surface area contributed by atoms with E-state index in [1.54, 1.807) is 18.2 Å². The molecule has 2 saturated heterocycles. The second kappa shape index (κ2) is 7.35. The van der Waals surface area contributed by atoms with E-state index in [4.69, 9.17) is 23.8 Å². The van der Waals surface area contributed by atoms with Gasteiger partial charge in [-0.3, -0.25) is 9.59 Å². The van der Waals surface area contributed by atoms with Gasteiger partial charge in [-0.05, 0) is 55.9 Å². The molecule has 1 aromatic carbocycles. The van der Waals surface area contributed by atoms with Crippen molar-refractivity contribution >= 4 is 52.0 Å². The van der Waals surface area contributed by atoms with Crippen molar-refractivity contribution in [3.05, 3.63) is 53.1 Å². The molecule has 2 aliphatic rings. The number of hydrogen-bond acceptors (Lipinski definition) is 4. The molecule has 1 amide bonds. The number of rotatable bonds is 3. The average molecular weight is 433 g/mol. The Balaban J connectivity index is 1.57. The second-order valence-corrected chi connectivity index (χ2v) is 8.05. The van der Waals surface area contributed by atoms with Crippen LogP contribution in [0.4, 0.5) is 15.8 Å². The summed E-state index contributed by atoms with van der Waals surface area (Å²) in [6.07, 6.45) is 2.68. The molecule has 0 radical (unpaired) electrons. The van der Waals surface area contributed by atoms with Gasteiger partial charge in [-0.2, -0.15) is 0 Å². The smallest absolute Gasteiger partial charge is 0.277 e. The number of halogens is 2. The molecule has 2 fully saturated rings. The van der Waals surface area contributed by atoms with Crippen LogP contribution in [0.1, 0.15) is 30.3 Å². The minimum Gasteiger partial charge on any atom is -0.335 e. The first-order valence-corrected chi connectivity index (χ1v) is 9.94. The van der Waals surface area contributed by atoms with Crippen LogP contribution in [0.3, 0.4) is 0 Å². The average Bonchev–Trinajstić information content (AvgIpc) is 2.95. The van der Waals surface area contributed by atoms with Gasteiger partial charge in [-0.15, -0.1) is 0 Å². The number of pyridine rings is 1. The van der Waals surface area contributed by atoms with E-state index >= 15 is 0 Å². The Hall–Kier alpha value is -2.58. The standard InChI is InChI=1S/C20H18ClFN4O2S/c1-20-11-25(19(29)26(20)9-3-5-16(20)27)15-7-6-12(10-13(15)21)24-18(28)17-14(22)4-2-8-23-17/h2,4,6-8,10H,3,5,9,11H2,1H3,(H,24,28). The monoisotopic (exact) mass is 432 g/mol. The minimum absolute atomic E-state index is 0.172. The summed E-state index contributed by atoms with van der Waals surface area (Å²) in [6, 6.07) is 7.54. The van der Waals surface area contributed by atoms with E-state index in [-0.39, 0.29) is 11.5 Å². The van der Waals surface area contributed by atoms with Crippen LogP contribution in [-0.2, 0) is 4.79 Å². The lowest BCUT2D eigenvalue weighted by atomic mass is 9.88. The van der Waals surface area contributed by atoms with Crippen LogP contribution in [0.25, 0.3) is 0 Å². The number of thiocarbonyl (C=S) groups is 1. The van der Waals surface area contributed by atoms with Gasteiger partial charge in [0, 0.05) is 24.8 Å². The van der Waals surface area contributed by atoms with Crippen LogP contribution in [-0.4, -0.2) is 45.3 Å². The third kappa shape index (κ3) is 3.36. The Morgan fingerprint density at radius 3 is 2.86 bits per heavy atom. The highest BCUT2D eigenvalue weighted by Gasteiger charge is 2.51. The number of aromatic nitrogens is 1. The predicted octanol–water partition coefficient (Wildman–Crippen LogP) is 3.65. The molecule has 9 heteroatoms. The lowest BCUT2D eigenvalue weighted by Crippen LogP contribution is -2.54. The zero-order chi connectivity index (χ0) is 20.8. The summed E-state index contributed by atoms with van der Waals surface area (Å²) >= 11 is 12.1. The minimum atomic E-state index is -0.704. The molecule has 1 unspecified atom stereocenters. The third-order valence-electron chi connectivity index (χ3n) is 5.38. The summed E-state index contributed by atoms with van der Waals surface area (Å²) in [5.41, 5.74) is 0.111.